The zero-order chi connectivity index (χ0) is 25.3. The molecule has 0 spiro atoms. The van der Waals surface area contributed by atoms with Crippen LogP contribution in [0.5, 0.6) is 0 Å². The first-order valence-corrected chi connectivity index (χ1v) is 11.3. The van der Waals surface area contributed by atoms with Crippen molar-refractivity contribution >= 4 is 17.6 Å². The first-order chi connectivity index (χ1) is 16.5. The number of hydrogen-bond donors (Lipinski definition) is 1. The molecular formula is C24H26F3N5O3. The van der Waals surface area contributed by atoms with Gasteiger partial charge in [0.25, 0.3) is 0 Å². The quantitative estimate of drug-likeness (QED) is 0.579. The van der Waals surface area contributed by atoms with Crippen molar-refractivity contribution < 1.29 is 27.3 Å². The highest BCUT2D eigenvalue weighted by atomic mass is 19.4. The van der Waals surface area contributed by atoms with Crippen molar-refractivity contribution in [3.05, 3.63) is 58.6 Å². The van der Waals surface area contributed by atoms with Crippen LogP contribution >= 0.6 is 0 Å². The lowest BCUT2D eigenvalue weighted by molar-refractivity contribution is -0.137. The van der Waals surface area contributed by atoms with Gasteiger partial charge < -0.3 is 14.7 Å². The summed E-state index contributed by atoms with van der Waals surface area (Å²) in [5.41, 5.74) is 1.42. The van der Waals surface area contributed by atoms with Crippen molar-refractivity contribution in [2.45, 2.75) is 46.2 Å². The standard InChI is InChI=1S/C24H26F3N5O3/c1-14-11-21(30-35-14)28-23(34)17-7-9-31(10-8-17)22(33)13-20-15(2)29-32(16(20)3)19-6-4-5-18(12-19)24(25,26)27/h4-6,11-12,17H,7-10,13H2,1-3H3,(H,28,30,34). The smallest absolute Gasteiger partial charge is 0.360 e. The summed E-state index contributed by atoms with van der Waals surface area (Å²) in [6, 6.07) is 6.58. The molecule has 0 saturated carbocycles. The third kappa shape index (κ3) is 5.39. The molecule has 35 heavy (non-hydrogen) atoms. The molecule has 1 saturated heterocycles. The lowest BCUT2D eigenvalue weighted by Crippen LogP contribution is -2.42. The van der Waals surface area contributed by atoms with Crippen LogP contribution in [0.1, 0.15) is 41.1 Å². The molecule has 1 aromatic carbocycles. The van der Waals surface area contributed by atoms with Gasteiger partial charge in [0.15, 0.2) is 5.82 Å². The topological polar surface area (TPSA) is 93.3 Å². The van der Waals surface area contributed by atoms with E-state index in [-0.39, 0.29) is 29.8 Å². The highest BCUT2D eigenvalue weighted by Crippen LogP contribution is 2.31. The number of nitrogens with one attached hydrogen (secondary N) is 1. The molecule has 1 fully saturated rings. The lowest BCUT2D eigenvalue weighted by Gasteiger charge is -2.31. The minimum absolute atomic E-state index is 0.0890. The number of aryl methyl sites for hydroxylation is 2. The number of alkyl halides is 3. The van der Waals surface area contributed by atoms with E-state index in [0.29, 0.717) is 54.5 Å². The molecule has 4 rings (SSSR count). The maximum absolute atomic E-state index is 13.1. The molecule has 3 heterocycles. The fourth-order valence-corrected chi connectivity index (χ4v) is 4.30. The van der Waals surface area contributed by atoms with Crippen LogP contribution in [0.2, 0.25) is 0 Å². The molecule has 1 aliphatic rings. The third-order valence-corrected chi connectivity index (χ3v) is 6.28. The molecule has 1 N–H and O–H groups in total. The van der Waals surface area contributed by atoms with Gasteiger partial charge in [0.05, 0.1) is 23.4 Å². The van der Waals surface area contributed by atoms with Crippen LogP contribution in [0.4, 0.5) is 19.0 Å². The van der Waals surface area contributed by atoms with Gasteiger partial charge >= 0.3 is 6.18 Å². The van der Waals surface area contributed by atoms with Crippen LogP contribution in [0.3, 0.4) is 0 Å². The van der Waals surface area contributed by atoms with E-state index in [2.05, 4.69) is 15.6 Å². The Bertz CT molecular complexity index is 1240. The van der Waals surface area contributed by atoms with Gasteiger partial charge in [-0.2, -0.15) is 18.3 Å². The number of nitrogens with zero attached hydrogens (tertiary/aromatic N) is 4. The molecule has 2 aromatic heterocycles. The number of piperidine rings is 1. The van der Waals surface area contributed by atoms with Crippen molar-refractivity contribution in [3.63, 3.8) is 0 Å². The minimum Gasteiger partial charge on any atom is -0.360 e. The molecule has 0 atom stereocenters. The Morgan fingerprint density at radius 1 is 1.14 bits per heavy atom. The van der Waals surface area contributed by atoms with Gasteiger partial charge in [-0.25, -0.2) is 4.68 Å². The maximum atomic E-state index is 13.1. The minimum atomic E-state index is -4.46. The Morgan fingerprint density at radius 2 is 1.86 bits per heavy atom. The number of halogens is 3. The van der Waals surface area contributed by atoms with E-state index in [9.17, 15) is 22.8 Å². The number of hydrogen-bond acceptors (Lipinski definition) is 5. The Morgan fingerprint density at radius 3 is 2.49 bits per heavy atom. The summed E-state index contributed by atoms with van der Waals surface area (Å²) in [4.78, 5) is 27.2. The molecule has 186 valence electrons. The van der Waals surface area contributed by atoms with Gasteiger partial charge in [-0.15, -0.1) is 0 Å². The molecule has 8 nitrogen and oxygen atoms in total. The number of rotatable bonds is 5. The third-order valence-electron chi connectivity index (χ3n) is 6.28. The summed E-state index contributed by atoms with van der Waals surface area (Å²) >= 11 is 0. The van der Waals surface area contributed by atoms with Crippen LogP contribution in [0.25, 0.3) is 5.69 Å². The fraction of sp³-hybridized carbons (Fsp3) is 0.417. The van der Waals surface area contributed by atoms with E-state index in [1.807, 2.05) is 0 Å². The zero-order valence-corrected chi connectivity index (χ0v) is 19.6. The summed E-state index contributed by atoms with van der Waals surface area (Å²) in [6.45, 7) is 6.09. The summed E-state index contributed by atoms with van der Waals surface area (Å²) in [5, 5.41) is 10.9. The van der Waals surface area contributed by atoms with Crippen LogP contribution in [-0.2, 0) is 22.2 Å². The molecule has 1 aliphatic heterocycles. The summed E-state index contributed by atoms with van der Waals surface area (Å²) < 4.78 is 45.8. The SMILES string of the molecule is Cc1cc(NC(=O)C2CCN(C(=O)Cc3c(C)nn(-c4cccc(C(F)(F)F)c4)c3C)CC2)no1. The van der Waals surface area contributed by atoms with Gasteiger partial charge in [0, 0.05) is 36.3 Å². The molecule has 11 heteroatoms. The summed E-state index contributed by atoms with van der Waals surface area (Å²) in [5.74, 6) is 0.478. The molecule has 3 aromatic rings. The van der Waals surface area contributed by atoms with Crippen molar-refractivity contribution in [2.75, 3.05) is 18.4 Å². The van der Waals surface area contributed by atoms with E-state index < -0.39 is 11.7 Å². The van der Waals surface area contributed by atoms with E-state index in [4.69, 9.17) is 4.52 Å². The number of likely N-dealkylation sites (tertiary alicyclic amines) is 1. The van der Waals surface area contributed by atoms with Crippen LogP contribution in [-0.4, -0.2) is 44.7 Å². The second-order valence-corrected chi connectivity index (χ2v) is 8.75. The van der Waals surface area contributed by atoms with Gasteiger partial charge in [0.2, 0.25) is 11.8 Å². The van der Waals surface area contributed by atoms with Crippen molar-refractivity contribution in [1.82, 2.24) is 19.8 Å². The Balaban J connectivity index is 1.39. The lowest BCUT2D eigenvalue weighted by atomic mass is 9.95. The number of carbonyl (C=O) groups is 2. The summed E-state index contributed by atoms with van der Waals surface area (Å²) in [6.07, 6.45) is -3.32. The van der Waals surface area contributed by atoms with Crippen molar-refractivity contribution in [2.24, 2.45) is 5.92 Å². The largest absolute Gasteiger partial charge is 0.416 e. The van der Waals surface area contributed by atoms with E-state index in [1.165, 1.54) is 10.7 Å². The normalized spacial score (nSPS) is 14.9. The number of amides is 2. The van der Waals surface area contributed by atoms with E-state index in [1.54, 1.807) is 37.8 Å². The highest BCUT2D eigenvalue weighted by Gasteiger charge is 2.31. The number of benzene rings is 1. The van der Waals surface area contributed by atoms with Gasteiger partial charge in [-0.3, -0.25) is 9.59 Å². The number of carbonyl (C=O) groups excluding carboxylic acids is 2. The fourth-order valence-electron chi connectivity index (χ4n) is 4.30. The van der Waals surface area contributed by atoms with E-state index in [0.717, 1.165) is 12.1 Å². The van der Waals surface area contributed by atoms with Crippen LogP contribution in [0.15, 0.2) is 34.9 Å². The first kappa shape index (κ1) is 24.5. The predicted molar refractivity (Wildman–Crippen MR) is 121 cm³/mol. The van der Waals surface area contributed by atoms with Crippen molar-refractivity contribution in [1.29, 1.82) is 0 Å². The van der Waals surface area contributed by atoms with Crippen LogP contribution < -0.4 is 5.32 Å². The summed E-state index contributed by atoms with van der Waals surface area (Å²) in [7, 11) is 0. The van der Waals surface area contributed by atoms with Crippen molar-refractivity contribution in [3.8, 4) is 5.69 Å². The zero-order valence-electron chi connectivity index (χ0n) is 19.6. The van der Waals surface area contributed by atoms with Gasteiger partial charge in [0.1, 0.15) is 5.76 Å². The molecule has 0 radical (unpaired) electrons. The predicted octanol–water partition coefficient (Wildman–Crippen LogP) is 4.22. The second kappa shape index (κ2) is 9.55. The molecule has 0 aliphatic carbocycles. The monoisotopic (exact) mass is 489 g/mol. The molecule has 0 bridgehead atoms. The Hall–Kier alpha value is -3.63. The molecular weight excluding hydrogens is 463 g/mol. The number of anilines is 1. The number of aromatic nitrogens is 3. The highest BCUT2D eigenvalue weighted by molar-refractivity contribution is 5.92. The van der Waals surface area contributed by atoms with Gasteiger partial charge in [-0.05, 0) is 51.8 Å². The Kier molecular flexibility index (Phi) is 6.68. The second-order valence-electron chi connectivity index (χ2n) is 8.75. The maximum Gasteiger partial charge on any atom is 0.416 e. The van der Waals surface area contributed by atoms with E-state index >= 15 is 0 Å². The first-order valence-electron chi connectivity index (χ1n) is 11.3. The average Bonchev–Trinajstić information content (AvgIpc) is 3.35. The molecule has 2 amide bonds. The van der Waals surface area contributed by atoms with Gasteiger partial charge in [-0.1, -0.05) is 11.2 Å². The molecule has 0 unspecified atom stereocenters. The van der Waals surface area contributed by atoms with Crippen LogP contribution in [0, 0.1) is 26.7 Å². The Labute approximate surface area is 200 Å². The average molecular weight is 489 g/mol.